The summed E-state index contributed by atoms with van der Waals surface area (Å²) in [5.41, 5.74) is 5.55. The number of sulfonamides is 1. The Kier molecular flexibility index (Phi) is 9.58. The van der Waals surface area contributed by atoms with Gasteiger partial charge in [0.25, 0.3) is 5.91 Å². The molecular weight excluding hydrogens is 378 g/mol. The molecule has 150 valence electrons. The van der Waals surface area contributed by atoms with E-state index in [0.717, 1.165) is 0 Å². The van der Waals surface area contributed by atoms with E-state index in [0.29, 0.717) is 19.4 Å². The Morgan fingerprint density at radius 2 is 1.85 bits per heavy atom. The Morgan fingerprint density at radius 3 is 2.27 bits per heavy atom. The minimum absolute atomic E-state index is 0. The summed E-state index contributed by atoms with van der Waals surface area (Å²) in [6.07, 6.45) is 1.36. The van der Waals surface area contributed by atoms with Crippen LogP contribution in [0.3, 0.4) is 0 Å². The second kappa shape index (κ2) is 10.1. The van der Waals surface area contributed by atoms with Crippen LogP contribution >= 0.6 is 12.4 Å². The minimum atomic E-state index is -3.80. The molecule has 0 unspecified atom stereocenters. The molecule has 0 heterocycles. The molecule has 4 N–H and O–H groups in total. The molecular formula is C17H30ClN3O4S. The van der Waals surface area contributed by atoms with Gasteiger partial charge in [0.15, 0.2) is 0 Å². The van der Waals surface area contributed by atoms with Gasteiger partial charge in [0.2, 0.25) is 10.0 Å². The third-order valence-corrected chi connectivity index (χ3v) is 5.91. The van der Waals surface area contributed by atoms with Gasteiger partial charge in [-0.2, -0.15) is 0 Å². The topological polar surface area (TPSA) is 111 Å². The lowest BCUT2D eigenvalue weighted by molar-refractivity contribution is 0.0895. The van der Waals surface area contributed by atoms with Gasteiger partial charge in [-0.15, -0.1) is 12.4 Å². The second-order valence-corrected chi connectivity index (χ2v) is 7.97. The molecule has 0 fully saturated rings. The summed E-state index contributed by atoms with van der Waals surface area (Å²) in [4.78, 5) is 12.5. The van der Waals surface area contributed by atoms with Crippen LogP contribution in [0.25, 0.3) is 0 Å². The van der Waals surface area contributed by atoms with Crippen LogP contribution in [0.2, 0.25) is 0 Å². The van der Waals surface area contributed by atoms with E-state index in [1.165, 1.54) is 25.3 Å². The minimum Gasteiger partial charge on any atom is -0.495 e. The number of nitrogens with two attached hydrogens (primary N) is 1. The van der Waals surface area contributed by atoms with Crippen molar-refractivity contribution in [1.29, 1.82) is 0 Å². The number of benzene rings is 1. The van der Waals surface area contributed by atoms with Crippen LogP contribution in [-0.2, 0) is 10.0 Å². The molecule has 26 heavy (non-hydrogen) atoms. The van der Waals surface area contributed by atoms with E-state index < -0.39 is 15.6 Å². The zero-order chi connectivity index (χ0) is 19.3. The maximum Gasteiger partial charge on any atom is 0.251 e. The van der Waals surface area contributed by atoms with E-state index in [9.17, 15) is 13.2 Å². The Bertz CT molecular complexity index is 696. The lowest BCUT2D eigenvalue weighted by Crippen LogP contribution is -2.52. The van der Waals surface area contributed by atoms with Crippen LogP contribution < -0.4 is 20.5 Å². The van der Waals surface area contributed by atoms with Gasteiger partial charge in [0.05, 0.1) is 12.6 Å². The van der Waals surface area contributed by atoms with Crippen molar-refractivity contribution < 1.29 is 17.9 Å². The van der Waals surface area contributed by atoms with Crippen molar-refractivity contribution in [2.45, 2.75) is 57.0 Å². The highest BCUT2D eigenvalue weighted by Gasteiger charge is 2.28. The molecule has 1 rings (SSSR count). The first-order chi connectivity index (χ1) is 11.6. The summed E-state index contributed by atoms with van der Waals surface area (Å²) in [6, 6.07) is 4.06. The molecule has 0 spiro atoms. The number of halogens is 1. The Morgan fingerprint density at radius 1 is 1.27 bits per heavy atom. The van der Waals surface area contributed by atoms with Crippen molar-refractivity contribution in [1.82, 2.24) is 10.0 Å². The second-order valence-electron chi connectivity index (χ2n) is 6.29. The van der Waals surface area contributed by atoms with Crippen LogP contribution in [0.4, 0.5) is 0 Å². The molecule has 0 aromatic heterocycles. The molecule has 0 bridgehead atoms. The molecule has 7 nitrogen and oxygen atoms in total. The largest absolute Gasteiger partial charge is 0.495 e. The zero-order valence-electron chi connectivity index (χ0n) is 16.0. The van der Waals surface area contributed by atoms with Crippen LogP contribution in [0, 0.1) is 0 Å². The summed E-state index contributed by atoms with van der Waals surface area (Å²) in [5.74, 6) is -0.182. The predicted octanol–water partition coefficient (Wildman–Crippen LogP) is 2.05. The molecule has 9 heteroatoms. The SMILES string of the molecule is CCC(CC)(CN)NC(=O)c1ccc(OC)c(S(=O)(=O)NC(C)C)c1.Cl. The molecule has 1 amide bonds. The van der Waals surface area contributed by atoms with Crippen molar-refractivity contribution in [2.24, 2.45) is 5.73 Å². The number of nitrogens with one attached hydrogen (secondary N) is 2. The quantitative estimate of drug-likeness (QED) is 0.580. The van der Waals surface area contributed by atoms with Crippen LogP contribution in [0.5, 0.6) is 5.75 Å². The van der Waals surface area contributed by atoms with Crippen LogP contribution in [0.1, 0.15) is 50.9 Å². The number of carbonyl (C=O) groups is 1. The third-order valence-electron chi connectivity index (χ3n) is 4.23. The van der Waals surface area contributed by atoms with Crippen LogP contribution in [-0.4, -0.2) is 39.6 Å². The number of hydrogen-bond donors (Lipinski definition) is 3. The lowest BCUT2D eigenvalue weighted by atomic mass is 9.92. The molecule has 0 aliphatic carbocycles. The first-order valence-corrected chi connectivity index (χ1v) is 9.86. The molecule has 1 aromatic rings. The maximum atomic E-state index is 12.6. The van der Waals surface area contributed by atoms with E-state index >= 15 is 0 Å². The lowest BCUT2D eigenvalue weighted by Gasteiger charge is -2.31. The van der Waals surface area contributed by atoms with Crippen LogP contribution in [0.15, 0.2) is 23.1 Å². The van der Waals surface area contributed by atoms with Gasteiger partial charge in [0, 0.05) is 18.2 Å². The van der Waals surface area contributed by atoms with Crippen molar-refractivity contribution in [3.05, 3.63) is 23.8 Å². The summed E-state index contributed by atoms with van der Waals surface area (Å²) in [7, 11) is -2.41. The van der Waals surface area contributed by atoms with Gasteiger partial charge in [-0.1, -0.05) is 13.8 Å². The summed E-state index contributed by atoms with van der Waals surface area (Å²) < 4.78 is 32.7. The molecule has 0 saturated heterocycles. The van der Waals surface area contributed by atoms with E-state index in [2.05, 4.69) is 10.0 Å². The first kappa shape index (κ1) is 24.7. The first-order valence-electron chi connectivity index (χ1n) is 8.37. The van der Waals surface area contributed by atoms with Gasteiger partial charge in [0.1, 0.15) is 10.6 Å². The van der Waals surface area contributed by atoms with Gasteiger partial charge >= 0.3 is 0 Å². The maximum absolute atomic E-state index is 12.6. The number of amides is 1. The highest BCUT2D eigenvalue weighted by molar-refractivity contribution is 7.89. The fourth-order valence-electron chi connectivity index (χ4n) is 2.48. The highest BCUT2D eigenvalue weighted by atomic mass is 35.5. The van der Waals surface area contributed by atoms with Gasteiger partial charge < -0.3 is 15.8 Å². The van der Waals surface area contributed by atoms with E-state index in [1.54, 1.807) is 13.8 Å². The molecule has 0 radical (unpaired) electrons. The number of methoxy groups -OCH3 is 1. The fourth-order valence-corrected chi connectivity index (χ4v) is 3.93. The highest BCUT2D eigenvalue weighted by Crippen LogP contribution is 2.25. The Labute approximate surface area is 162 Å². The average Bonchev–Trinajstić information content (AvgIpc) is 2.58. The number of carbonyl (C=O) groups excluding carboxylic acids is 1. The normalized spacial score (nSPS) is 11.8. The monoisotopic (exact) mass is 407 g/mol. The number of hydrogen-bond acceptors (Lipinski definition) is 5. The summed E-state index contributed by atoms with van der Waals surface area (Å²) in [5, 5.41) is 2.93. The van der Waals surface area contributed by atoms with E-state index in [-0.39, 0.29) is 40.6 Å². The van der Waals surface area contributed by atoms with E-state index in [4.69, 9.17) is 10.5 Å². The average molecular weight is 408 g/mol. The van der Waals surface area contributed by atoms with Crippen molar-refractivity contribution in [3.63, 3.8) is 0 Å². The third kappa shape index (κ3) is 5.84. The fraction of sp³-hybridized carbons (Fsp3) is 0.588. The predicted molar refractivity (Wildman–Crippen MR) is 106 cm³/mol. The van der Waals surface area contributed by atoms with Crippen molar-refractivity contribution in [2.75, 3.05) is 13.7 Å². The van der Waals surface area contributed by atoms with Gasteiger partial charge in [-0.3, -0.25) is 4.79 Å². The number of ether oxygens (including phenoxy) is 1. The van der Waals surface area contributed by atoms with Gasteiger partial charge in [-0.25, -0.2) is 13.1 Å². The van der Waals surface area contributed by atoms with E-state index in [1.807, 2.05) is 13.8 Å². The van der Waals surface area contributed by atoms with Crippen molar-refractivity contribution >= 4 is 28.3 Å². The number of rotatable bonds is 9. The zero-order valence-corrected chi connectivity index (χ0v) is 17.6. The van der Waals surface area contributed by atoms with Gasteiger partial charge in [-0.05, 0) is 44.9 Å². The smallest absolute Gasteiger partial charge is 0.251 e. The Balaban J connectivity index is 0.00000625. The molecule has 0 aliphatic rings. The standard InChI is InChI=1S/C17H29N3O4S.ClH/c1-6-17(7-2,11-18)19-16(21)13-8-9-14(24-5)15(10-13)25(22,23)20-12(3)4;/h8-10,12,20H,6-7,11,18H2,1-5H3,(H,19,21);1H. The van der Waals surface area contributed by atoms with Crippen molar-refractivity contribution in [3.8, 4) is 5.75 Å². The molecule has 1 aromatic carbocycles. The molecule has 0 saturated carbocycles. The summed E-state index contributed by atoms with van der Waals surface area (Å²) in [6.45, 7) is 7.65. The molecule has 0 atom stereocenters. The molecule has 0 aliphatic heterocycles. The summed E-state index contributed by atoms with van der Waals surface area (Å²) >= 11 is 0. The Hall–Kier alpha value is -1.35.